The molecule has 1 aliphatic rings. The molecule has 3 heterocycles. The van der Waals surface area contributed by atoms with Gasteiger partial charge in [0.1, 0.15) is 0 Å². The topological polar surface area (TPSA) is 65.1 Å². The van der Waals surface area contributed by atoms with Crippen LogP contribution in [0, 0.1) is 6.92 Å². The summed E-state index contributed by atoms with van der Waals surface area (Å²) in [4.78, 5) is 19.6. The normalized spacial score (nSPS) is 17.8. The molecule has 0 saturated carbocycles. The first-order valence-corrected chi connectivity index (χ1v) is 7.53. The second-order valence-electron chi connectivity index (χ2n) is 5.92. The van der Waals surface area contributed by atoms with Gasteiger partial charge < -0.3 is 14.8 Å². The summed E-state index contributed by atoms with van der Waals surface area (Å²) in [5, 5.41) is 8.55. The van der Waals surface area contributed by atoms with Gasteiger partial charge in [0.2, 0.25) is 0 Å². The van der Waals surface area contributed by atoms with Crippen LogP contribution < -0.4 is 4.90 Å². The van der Waals surface area contributed by atoms with E-state index in [4.69, 9.17) is 0 Å². The third kappa shape index (κ3) is 2.56. The number of aromatic nitrogens is 3. The fourth-order valence-corrected chi connectivity index (χ4v) is 2.90. The number of aromatic amines is 1. The van der Waals surface area contributed by atoms with Gasteiger partial charge in [0, 0.05) is 33.0 Å². The SMILES string of the molecule is Cc1c[nH]cc1C(=O)N1CCCC1c1ccc(N(C)C)nn1. The number of carbonyl (C=O) groups is 1. The lowest BCUT2D eigenvalue weighted by Crippen LogP contribution is -2.31. The van der Waals surface area contributed by atoms with Crippen molar-refractivity contribution in [2.75, 3.05) is 25.5 Å². The second kappa shape index (κ2) is 5.79. The van der Waals surface area contributed by atoms with Crippen molar-refractivity contribution in [1.29, 1.82) is 0 Å². The van der Waals surface area contributed by atoms with Crippen LogP contribution in [0.2, 0.25) is 0 Å². The quantitative estimate of drug-likeness (QED) is 0.943. The van der Waals surface area contributed by atoms with Crippen molar-refractivity contribution in [2.45, 2.75) is 25.8 Å². The lowest BCUT2D eigenvalue weighted by atomic mass is 10.1. The van der Waals surface area contributed by atoms with E-state index < -0.39 is 0 Å². The molecule has 0 aliphatic carbocycles. The Labute approximate surface area is 130 Å². The van der Waals surface area contributed by atoms with Crippen LogP contribution in [0.5, 0.6) is 0 Å². The first kappa shape index (κ1) is 14.6. The highest BCUT2D eigenvalue weighted by molar-refractivity contribution is 5.95. The molecule has 1 N–H and O–H groups in total. The molecule has 2 aromatic rings. The van der Waals surface area contributed by atoms with Crippen LogP contribution in [-0.4, -0.2) is 46.6 Å². The Kier molecular flexibility index (Phi) is 3.83. The molecule has 1 atom stereocenters. The van der Waals surface area contributed by atoms with E-state index in [1.807, 2.05) is 49.1 Å². The van der Waals surface area contributed by atoms with Crippen LogP contribution in [0.4, 0.5) is 5.82 Å². The number of hydrogen-bond donors (Lipinski definition) is 1. The molecule has 0 aromatic carbocycles. The molecule has 2 aromatic heterocycles. The molecule has 6 nitrogen and oxygen atoms in total. The largest absolute Gasteiger partial charge is 0.367 e. The Morgan fingerprint density at radius 3 is 2.73 bits per heavy atom. The monoisotopic (exact) mass is 299 g/mol. The first-order valence-electron chi connectivity index (χ1n) is 7.53. The van der Waals surface area contributed by atoms with Crippen LogP contribution in [0.15, 0.2) is 24.5 Å². The number of carbonyl (C=O) groups excluding carboxylic acids is 1. The lowest BCUT2D eigenvalue weighted by molar-refractivity contribution is 0.0732. The number of aryl methyl sites for hydroxylation is 1. The summed E-state index contributed by atoms with van der Waals surface area (Å²) in [5.74, 6) is 0.890. The van der Waals surface area contributed by atoms with E-state index in [0.717, 1.165) is 42.0 Å². The Morgan fingerprint density at radius 1 is 1.32 bits per heavy atom. The third-order valence-electron chi connectivity index (χ3n) is 4.17. The van der Waals surface area contributed by atoms with Crippen LogP contribution in [0.25, 0.3) is 0 Å². The molecule has 0 radical (unpaired) electrons. The minimum Gasteiger partial charge on any atom is -0.367 e. The molecule has 22 heavy (non-hydrogen) atoms. The minimum absolute atomic E-state index is 0.0190. The van der Waals surface area contributed by atoms with E-state index in [2.05, 4.69) is 15.2 Å². The molecule has 3 rings (SSSR count). The number of anilines is 1. The Hall–Kier alpha value is -2.37. The Morgan fingerprint density at radius 2 is 2.14 bits per heavy atom. The van der Waals surface area contributed by atoms with Crippen LogP contribution >= 0.6 is 0 Å². The zero-order chi connectivity index (χ0) is 15.7. The zero-order valence-corrected chi connectivity index (χ0v) is 13.2. The minimum atomic E-state index is 0.0190. The summed E-state index contributed by atoms with van der Waals surface area (Å²) >= 11 is 0. The standard InChI is InChI=1S/C16H21N5O/c1-11-9-17-10-12(11)16(22)21-8-4-5-14(21)13-6-7-15(19-18-13)20(2)3/h6-7,9-10,14,17H,4-5,8H2,1-3H3. The van der Waals surface area contributed by atoms with Crippen molar-refractivity contribution >= 4 is 11.7 Å². The van der Waals surface area contributed by atoms with Crippen molar-refractivity contribution in [1.82, 2.24) is 20.1 Å². The van der Waals surface area contributed by atoms with E-state index in [1.165, 1.54) is 0 Å². The maximum Gasteiger partial charge on any atom is 0.256 e. The molecule has 1 unspecified atom stereocenters. The van der Waals surface area contributed by atoms with E-state index in [1.54, 1.807) is 6.20 Å². The third-order valence-corrected chi connectivity index (χ3v) is 4.17. The Balaban J connectivity index is 1.84. The molecule has 1 aliphatic heterocycles. The summed E-state index contributed by atoms with van der Waals surface area (Å²) in [6, 6.07) is 3.94. The second-order valence-corrected chi connectivity index (χ2v) is 5.92. The van der Waals surface area contributed by atoms with Gasteiger partial charge in [-0.25, -0.2) is 0 Å². The number of rotatable bonds is 3. The lowest BCUT2D eigenvalue weighted by Gasteiger charge is -2.24. The van der Waals surface area contributed by atoms with Crippen molar-refractivity contribution in [3.8, 4) is 0 Å². The van der Waals surface area contributed by atoms with Gasteiger partial charge in [-0.2, -0.15) is 5.10 Å². The van der Waals surface area contributed by atoms with Crippen LogP contribution in [0.1, 0.15) is 40.5 Å². The van der Waals surface area contributed by atoms with Gasteiger partial charge in [-0.05, 0) is 37.5 Å². The van der Waals surface area contributed by atoms with Crippen molar-refractivity contribution in [2.24, 2.45) is 0 Å². The van der Waals surface area contributed by atoms with Gasteiger partial charge in [-0.15, -0.1) is 5.10 Å². The molecular formula is C16H21N5O. The smallest absolute Gasteiger partial charge is 0.256 e. The van der Waals surface area contributed by atoms with Crippen molar-refractivity contribution in [3.63, 3.8) is 0 Å². The van der Waals surface area contributed by atoms with E-state index in [0.29, 0.717) is 0 Å². The average molecular weight is 299 g/mol. The van der Waals surface area contributed by atoms with Crippen molar-refractivity contribution in [3.05, 3.63) is 41.3 Å². The van der Waals surface area contributed by atoms with E-state index >= 15 is 0 Å². The average Bonchev–Trinajstić information content (AvgIpc) is 3.15. The van der Waals surface area contributed by atoms with Gasteiger partial charge in [-0.1, -0.05) is 0 Å². The predicted octanol–water partition coefficient (Wildman–Crippen LogP) is 2.16. The maximum atomic E-state index is 12.7. The number of nitrogens with one attached hydrogen (secondary N) is 1. The summed E-state index contributed by atoms with van der Waals surface area (Å²) < 4.78 is 0. The van der Waals surface area contributed by atoms with Gasteiger partial charge in [0.05, 0.1) is 17.3 Å². The summed E-state index contributed by atoms with van der Waals surface area (Å²) in [5.41, 5.74) is 2.58. The summed E-state index contributed by atoms with van der Waals surface area (Å²) in [6.45, 7) is 2.71. The highest BCUT2D eigenvalue weighted by Crippen LogP contribution is 2.32. The molecule has 6 heteroatoms. The van der Waals surface area contributed by atoms with Crippen LogP contribution in [-0.2, 0) is 0 Å². The van der Waals surface area contributed by atoms with Gasteiger partial charge in [-0.3, -0.25) is 4.79 Å². The fourth-order valence-electron chi connectivity index (χ4n) is 2.90. The van der Waals surface area contributed by atoms with Gasteiger partial charge >= 0.3 is 0 Å². The van der Waals surface area contributed by atoms with Gasteiger partial charge in [0.15, 0.2) is 5.82 Å². The number of H-pyrrole nitrogens is 1. The number of likely N-dealkylation sites (tertiary alicyclic amines) is 1. The molecule has 1 amide bonds. The molecule has 0 spiro atoms. The highest BCUT2D eigenvalue weighted by Gasteiger charge is 2.32. The van der Waals surface area contributed by atoms with Gasteiger partial charge in [0.25, 0.3) is 5.91 Å². The predicted molar refractivity (Wildman–Crippen MR) is 84.9 cm³/mol. The number of amides is 1. The van der Waals surface area contributed by atoms with Crippen LogP contribution in [0.3, 0.4) is 0 Å². The Bertz CT molecular complexity index is 661. The maximum absolute atomic E-state index is 12.7. The molecule has 0 bridgehead atoms. The fraction of sp³-hybridized carbons (Fsp3) is 0.438. The van der Waals surface area contributed by atoms with E-state index in [-0.39, 0.29) is 11.9 Å². The molecular weight excluding hydrogens is 278 g/mol. The molecule has 116 valence electrons. The van der Waals surface area contributed by atoms with Crippen molar-refractivity contribution < 1.29 is 4.79 Å². The molecule has 1 fully saturated rings. The van der Waals surface area contributed by atoms with E-state index in [9.17, 15) is 4.79 Å². The first-order chi connectivity index (χ1) is 10.6. The number of nitrogens with zero attached hydrogens (tertiary/aromatic N) is 4. The highest BCUT2D eigenvalue weighted by atomic mass is 16.2. The zero-order valence-electron chi connectivity index (χ0n) is 13.2. The molecule has 1 saturated heterocycles. The summed E-state index contributed by atoms with van der Waals surface area (Å²) in [7, 11) is 3.87. The summed E-state index contributed by atoms with van der Waals surface area (Å²) in [6.07, 6.45) is 5.56. The number of hydrogen-bond acceptors (Lipinski definition) is 4.